The number of halogens is 3. The van der Waals surface area contributed by atoms with E-state index in [9.17, 15) is 18.0 Å². The van der Waals surface area contributed by atoms with Gasteiger partial charge < -0.3 is 19.5 Å². The van der Waals surface area contributed by atoms with Crippen LogP contribution in [-0.2, 0) is 16.0 Å². The van der Waals surface area contributed by atoms with Crippen molar-refractivity contribution in [2.45, 2.75) is 45.6 Å². The van der Waals surface area contributed by atoms with Gasteiger partial charge in [-0.2, -0.15) is 13.2 Å². The van der Waals surface area contributed by atoms with Crippen LogP contribution < -0.4 is 14.8 Å². The Labute approximate surface area is 138 Å². The summed E-state index contributed by atoms with van der Waals surface area (Å²) in [4.78, 5) is 12.1. The lowest BCUT2D eigenvalue weighted by Crippen LogP contribution is -2.31. The molecule has 1 aromatic rings. The molecule has 2 rings (SSSR count). The minimum atomic E-state index is -4.48. The zero-order valence-electron chi connectivity index (χ0n) is 13.7. The van der Waals surface area contributed by atoms with Crippen LogP contribution in [0.5, 0.6) is 11.5 Å². The number of amides is 1. The number of nitrogens with one attached hydrogen (secondary N) is 1. The van der Waals surface area contributed by atoms with E-state index in [0.29, 0.717) is 23.8 Å². The number of rotatable bonds is 6. The van der Waals surface area contributed by atoms with Gasteiger partial charge in [-0.3, -0.25) is 4.79 Å². The Kier molecular flexibility index (Phi) is 5.58. The molecule has 2 unspecified atom stereocenters. The summed E-state index contributed by atoms with van der Waals surface area (Å²) < 4.78 is 52.2. The monoisotopic (exact) mass is 347 g/mol. The second-order valence-corrected chi connectivity index (χ2v) is 5.58. The van der Waals surface area contributed by atoms with E-state index < -0.39 is 24.8 Å². The van der Waals surface area contributed by atoms with Crippen molar-refractivity contribution >= 4 is 11.6 Å². The van der Waals surface area contributed by atoms with E-state index in [-0.39, 0.29) is 6.10 Å². The number of carbonyl (C=O) groups is 1. The second kappa shape index (κ2) is 7.29. The fourth-order valence-electron chi connectivity index (χ4n) is 2.34. The maximum Gasteiger partial charge on any atom is 0.411 e. The van der Waals surface area contributed by atoms with Crippen LogP contribution in [0.3, 0.4) is 0 Å². The second-order valence-electron chi connectivity index (χ2n) is 5.58. The highest BCUT2D eigenvalue weighted by Crippen LogP contribution is 2.38. The van der Waals surface area contributed by atoms with Crippen LogP contribution in [0.15, 0.2) is 12.1 Å². The molecule has 0 saturated heterocycles. The Morgan fingerprint density at radius 3 is 2.79 bits per heavy atom. The Morgan fingerprint density at radius 1 is 1.46 bits per heavy atom. The van der Waals surface area contributed by atoms with Gasteiger partial charge in [-0.1, -0.05) is 0 Å². The average Bonchev–Trinajstić information content (AvgIpc) is 2.83. The molecule has 0 saturated carbocycles. The normalized spacial score (nSPS) is 17.8. The predicted molar refractivity (Wildman–Crippen MR) is 81.5 cm³/mol. The molecule has 24 heavy (non-hydrogen) atoms. The van der Waals surface area contributed by atoms with Gasteiger partial charge in [-0.15, -0.1) is 0 Å². The van der Waals surface area contributed by atoms with Gasteiger partial charge in [-0.05, 0) is 26.8 Å². The van der Waals surface area contributed by atoms with Crippen LogP contribution in [-0.4, -0.2) is 37.5 Å². The third-order valence-corrected chi connectivity index (χ3v) is 3.42. The van der Waals surface area contributed by atoms with Crippen molar-refractivity contribution in [1.29, 1.82) is 0 Å². The summed E-state index contributed by atoms with van der Waals surface area (Å²) in [5, 5.41) is 2.54. The van der Waals surface area contributed by atoms with Crippen LogP contribution in [0.4, 0.5) is 18.9 Å². The first-order chi connectivity index (χ1) is 11.2. The SMILES string of the molecule is CCOc1cc2c(cc1NC(=O)C(C)OCC(F)(F)F)OC(C)C2. The summed E-state index contributed by atoms with van der Waals surface area (Å²) in [5.41, 5.74) is 1.31. The first-order valence-electron chi connectivity index (χ1n) is 7.65. The maximum absolute atomic E-state index is 12.2. The van der Waals surface area contributed by atoms with Gasteiger partial charge in [-0.25, -0.2) is 0 Å². The molecular formula is C16H20F3NO4. The van der Waals surface area contributed by atoms with Gasteiger partial charge in [0, 0.05) is 18.1 Å². The zero-order valence-corrected chi connectivity index (χ0v) is 13.7. The lowest BCUT2D eigenvalue weighted by atomic mass is 10.1. The van der Waals surface area contributed by atoms with Gasteiger partial charge >= 0.3 is 6.18 Å². The van der Waals surface area contributed by atoms with Crippen molar-refractivity contribution in [1.82, 2.24) is 0 Å². The summed E-state index contributed by atoms with van der Waals surface area (Å²) in [6.45, 7) is 3.88. The van der Waals surface area contributed by atoms with E-state index in [1.165, 1.54) is 6.92 Å². The topological polar surface area (TPSA) is 56.8 Å². The first-order valence-corrected chi connectivity index (χ1v) is 7.65. The smallest absolute Gasteiger partial charge is 0.411 e. The molecule has 0 aliphatic carbocycles. The molecule has 1 aromatic carbocycles. The Balaban J connectivity index is 2.10. The van der Waals surface area contributed by atoms with Crippen LogP contribution in [0.25, 0.3) is 0 Å². The molecule has 0 radical (unpaired) electrons. The van der Waals surface area contributed by atoms with Gasteiger partial charge in [0.05, 0.1) is 12.3 Å². The molecule has 5 nitrogen and oxygen atoms in total. The van der Waals surface area contributed by atoms with Crippen LogP contribution in [0.2, 0.25) is 0 Å². The molecular weight excluding hydrogens is 327 g/mol. The van der Waals surface area contributed by atoms with Crippen LogP contribution in [0.1, 0.15) is 26.3 Å². The van der Waals surface area contributed by atoms with Crippen molar-refractivity contribution in [3.8, 4) is 11.5 Å². The lowest BCUT2D eigenvalue weighted by molar-refractivity contribution is -0.184. The molecule has 2 atom stereocenters. The number of fused-ring (bicyclic) bond motifs is 1. The van der Waals surface area contributed by atoms with E-state index >= 15 is 0 Å². The highest BCUT2D eigenvalue weighted by atomic mass is 19.4. The summed E-state index contributed by atoms with van der Waals surface area (Å²) >= 11 is 0. The number of anilines is 1. The summed E-state index contributed by atoms with van der Waals surface area (Å²) in [6.07, 6.45) is -4.99. The molecule has 8 heteroatoms. The Morgan fingerprint density at radius 2 is 2.17 bits per heavy atom. The maximum atomic E-state index is 12.2. The minimum Gasteiger partial charge on any atom is -0.492 e. The van der Waals surface area contributed by atoms with Crippen molar-refractivity contribution < 1.29 is 32.2 Å². The van der Waals surface area contributed by atoms with Crippen molar-refractivity contribution in [3.05, 3.63) is 17.7 Å². The Bertz CT molecular complexity index is 604. The van der Waals surface area contributed by atoms with E-state index in [0.717, 1.165) is 12.0 Å². The van der Waals surface area contributed by atoms with Crippen molar-refractivity contribution in [2.75, 3.05) is 18.5 Å². The first kappa shape index (κ1) is 18.4. The van der Waals surface area contributed by atoms with E-state index in [1.54, 1.807) is 19.1 Å². The number of alkyl halides is 3. The average molecular weight is 347 g/mol. The van der Waals surface area contributed by atoms with Gasteiger partial charge in [0.1, 0.15) is 30.3 Å². The fraction of sp³-hybridized carbons (Fsp3) is 0.562. The van der Waals surface area contributed by atoms with Crippen molar-refractivity contribution in [2.24, 2.45) is 0 Å². The van der Waals surface area contributed by atoms with E-state index in [1.807, 2.05) is 6.92 Å². The molecule has 1 heterocycles. The van der Waals surface area contributed by atoms with Crippen LogP contribution >= 0.6 is 0 Å². The summed E-state index contributed by atoms with van der Waals surface area (Å²) in [5.74, 6) is 0.390. The molecule has 0 aromatic heterocycles. The molecule has 0 bridgehead atoms. The molecule has 1 amide bonds. The molecule has 1 aliphatic heterocycles. The molecule has 0 spiro atoms. The highest BCUT2D eigenvalue weighted by Gasteiger charge is 2.30. The Hall–Kier alpha value is -1.96. The van der Waals surface area contributed by atoms with Crippen molar-refractivity contribution in [3.63, 3.8) is 0 Å². The van der Waals surface area contributed by atoms with Gasteiger partial charge in [0.15, 0.2) is 0 Å². The quantitative estimate of drug-likeness (QED) is 0.858. The number of hydrogen-bond donors (Lipinski definition) is 1. The number of carbonyl (C=O) groups excluding carboxylic acids is 1. The molecule has 134 valence electrons. The van der Waals surface area contributed by atoms with Crippen LogP contribution in [0, 0.1) is 0 Å². The third-order valence-electron chi connectivity index (χ3n) is 3.42. The standard InChI is InChI=1S/C16H20F3NO4/c1-4-22-14-6-11-5-9(2)24-13(11)7-12(14)20-15(21)10(3)23-8-16(17,18)19/h6-7,9-10H,4-5,8H2,1-3H3,(H,20,21). The molecule has 1 aliphatic rings. The largest absolute Gasteiger partial charge is 0.492 e. The van der Waals surface area contributed by atoms with E-state index in [4.69, 9.17) is 9.47 Å². The molecule has 0 fully saturated rings. The van der Waals surface area contributed by atoms with E-state index in [2.05, 4.69) is 10.1 Å². The summed E-state index contributed by atoms with van der Waals surface area (Å²) in [6, 6.07) is 3.40. The lowest BCUT2D eigenvalue weighted by Gasteiger charge is -2.17. The fourth-order valence-corrected chi connectivity index (χ4v) is 2.34. The van der Waals surface area contributed by atoms with Gasteiger partial charge in [0.25, 0.3) is 5.91 Å². The number of hydrogen-bond acceptors (Lipinski definition) is 4. The predicted octanol–water partition coefficient (Wildman–Crippen LogP) is 3.31. The molecule has 1 N–H and O–H groups in total. The summed E-state index contributed by atoms with van der Waals surface area (Å²) in [7, 11) is 0. The minimum absolute atomic E-state index is 0.0227. The zero-order chi connectivity index (χ0) is 17.9. The van der Waals surface area contributed by atoms with Gasteiger partial charge in [0.2, 0.25) is 0 Å². The number of benzene rings is 1. The number of ether oxygens (including phenoxy) is 3. The highest BCUT2D eigenvalue weighted by molar-refractivity contribution is 5.95. The third kappa shape index (κ3) is 4.77.